The summed E-state index contributed by atoms with van der Waals surface area (Å²) in [5.74, 6) is -2.24. The van der Waals surface area contributed by atoms with Gasteiger partial charge in [-0.25, -0.2) is 9.59 Å². The number of nitrogens with one attached hydrogen (secondary N) is 2. The van der Waals surface area contributed by atoms with Gasteiger partial charge < -0.3 is 21.5 Å². The largest absolute Gasteiger partial charge is 0.480 e. The number of halogens is 3. The molecule has 0 saturated heterocycles. The second-order valence-corrected chi connectivity index (χ2v) is 5.49. The van der Waals surface area contributed by atoms with E-state index in [-0.39, 0.29) is 15.7 Å². The number of anilines is 1. The van der Waals surface area contributed by atoms with Crippen LogP contribution in [0.5, 0.6) is 0 Å². The summed E-state index contributed by atoms with van der Waals surface area (Å²) < 4.78 is 0.539. The first kappa shape index (κ1) is 17.5. The third-order valence-corrected chi connectivity index (χ3v) is 4.06. The highest BCUT2D eigenvalue weighted by atomic mass is 79.9. The van der Waals surface area contributed by atoms with Crippen LogP contribution in [0.25, 0.3) is 0 Å². The molecule has 114 valence electrons. The van der Waals surface area contributed by atoms with E-state index in [1.54, 1.807) is 6.07 Å². The zero-order valence-electron chi connectivity index (χ0n) is 10.3. The zero-order chi connectivity index (χ0) is 16.2. The van der Waals surface area contributed by atoms with Crippen LogP contribution in [0.3, 0.4) is 0 Å². The van der Waals surface area contributed by atoms with Gasteiger partial charge in [-0.05, 0) is 28.1 Å². The predicted molar refractivity (Wildman–Crippen MR) is 81.6 cm³/mol. The van der Waals surface area contributed by atoms with E-state index in [2.05, 4.69) is 26.6 Å². The maximum atomic E-state index is 11.7. The lowest BCUT2D eigenvalue weighted by Gasteiger charge is -2.14. The molecule has 1 aromatic rings. The molecule has 1 unspecified atom stereocenters. The number of carbonyl (C=O) groups is 3. The number of carbonyl (C=O) groups excluding carboxylic acids is 2. The van der Waals surface area contributed by atoms with E-state index in [4.69, 9.17) is 34.0 Å². The number of primary amides is 1. The fourth-order valence-corrected chi connectivity index (χ4v) is 2.16. The van der Waals surface area contributed by atoms with Gasteiger partial charge in [0.1, 0.15) is 6.04 Å². The number of amides is 3. The normalized spacial score (nSPS) is 11.6. The van der Waals surface area contributed by atoms with Gasteiger partial charge in [-0.2, -0.15) is 0 Å². The molecular weight excluding hydrogens is 389 g/mol. The Kier molecular flexibility index (Phi) is 6.25. The Morgan fingerprint density at radius 3 is 2.43 bits per heavy atom. The number of hydrogen-bond donors (Lipinski definition) is 4. The summed E-state index contributed by atoms with van der Waals surface area (Å²) in [5, 5.41) is 13.6. The molecule has 0 spiro atoms. The summed E-state index contributed by atoms with van der Waals surface area (Å²) >= 11 is 15.0. The van der Waals surface area contributed by atoms with Crippen molar-refractivity contribution in [3.8, 4) is 0 Å². The second kappa shape index (κ2) is 7.48. The molecule has 7 nitrogen and oxygen atoms in total. The minimum atomic E-state index is -1.44. The molecule has 0 radical (unpaired) electrons. The standard InChI is InChI=1S/C11H10BrCl2N3O4/c12-4-1-2-5(9(14)8(4)13)16-11(21)17-6(10(19)20)3-7(15)18/h1-2,6H,3H2,(H2,15,18)(H,19,20)(H2,16,17,21). The van der Waals surface area contributed by atoms with Gasteiger partial charge in [-0.1, -0.05) is 23.2 Å². The molecule has 3 amide bonds. The number of nitrogens with two attached hydrogens (primary N) is 1. The van der Waals surface area contributed by atoms with Gasteiger partial charge in [0, 0.05) is 4.47 Å². The Morgan fingerprint density at radius 2 is 1.90 bits per heavy atom. The van der Waals surface area contributed by atoms with Crippen molar-refractivity contribution in [2.24, 2.45) is 5.73 Å². The number of hydrogen-bond acceptors (Lipinski definition) is 3. The van der Waals surface area contributed by atoms with Crippen LogP contribution in [-0.4, -0.2) is 29.1 Å². The van der Waals surface area contributed by atoms with Gasteiger partial charge in [0.05, 0.1) is 22.2 Å². The van der Waals surface area contributed by atoms with E-state index in [0.717, 1.165) is 0 Å². The molecule has 1 atom stereocenters. The molecule has 0 aliphatic rings. The Bertz CT molecular complexity index is 597. The Labute approximate surface area is 137 Å². The highest BCUT2D eigenvalue weighted by molar-refractivity contribution is 9.10. The Morgan fingerprint density at radius 1 is 1.29 bits per heavy atom. The summed E-state index contributed by atoms with van der Waals surface area (Å²) in [6, 6.07) is 0.736. The van der Waals surface area contributed by atoms with E-state index in [1.807, 2.05) is 0 Å². The molecule has 5 N–H and O–H groups in total. The smallest absolute Gasteiger partial charge is 0.326 e. The fraction of sp³-hybridized carbons (Fsp3) is 0.182. The van der Waals surface area contributed by atoms with Gasteiger partial charge in [-0.15, -0.1) is 0 Å². The molecule has 10 heteroatoms. The van der Waals surface area contributed by atoms with Crippen molar-refractivity contribution < 1.29 is 19.5 Å². The summed E-state index contributed by atoms with van der Waals surface area (Å²) in [6.45, 7) is 0. The van der Waals surface area contributed by atoms with Crippen LogP contribution >= 0.6 is 39.1 Å². The lowest BCUT2D eigenvalue weighted by Crippen LogP contribution is -2.45. The molecule has 0 saturated carbocycles. The van der Waals surface area contributed by atoms with Crippen molar-refractivity contribution in [2.75, 3.05) is 5.32 Å². The topological polar surface area (TPSA) is 122 Å². The lowest BCUT2D eigenvalue weighted by atomic mass is 10.2. The number of aliphatic carboxylic acids is 1. The first-order chi connectivity index (χ1) is 9.72. The van der Waals surface area contributed by atoms with Gasteiger partial charge in [0.25, 0.3) is 0 Å². The molecule has 0 aromatic heterocycles. The lowest BCUT2D eigenvalue weighted by molar-refractivity contribution is -0.140. The zero-order valence-corrected chi connectivity index (χ0v) is 13.4. The second-order valence-electron chi connectivity index (χ2n) is 3.88. The summed E-state index contributed by atoms with van der Waals surface area (Å²) in [5.41, 5.74) is 5.09. The number of carboxylic acid groups (broad SMARTS) is 1. The van der Waals surface area contributed by atoms with Crippen LogP contribution in [0, 0.1) is 0 Å². The Balaban J connectivity index is 2.79. The molecule has 0 heterocycles. The predicted octanol–water partition coefficient (Wildman–Crippen LogP) is 2.21. The van der Waals surface area contributed by atoms with Crippen LogP contribution in [0.15, 0.2) is 16.6 Å². The van der Waals surface area contributed by atoms with E-state index in [0.29, 0.717) is 4.47 Å². The quantitative estimate of drug-likeness (QED) is 0.568. The monoisotopic (exact) mass is 397 g/mol. The van der Waals surface area contributed by atoms with Crippen molar-refractivity contribution in [2.45, 2.75) is 12.5 Å². The first-order valence-corrected chi connectivity index (χ1v) is 6.99. The molecule has 21 heavy (non-hydrogen) atoms. The first-order valence-electron chi connectivity index (χ1n) is 5.44. The molecule has 0 bridgehead atoms. The van der Waals surface area contributed by atoms with Crippen LogP contribution < -0.4 is 16.4 Å². The van der Waals surface area contributed by atoms with E-state index in [1.165, 1.54) is 6.07 Å². The van der Waals surface area contributed by atoms with E-state index in [9.17, 15) is 14.4 Å². The average molecular weight is 399 g/mol. The third-order valence-electron chi connectivity index (χ3n) is 2.29. The molecular formula is C11H10BrCl2N3O4. The third kappa shape index (κ3) is 5.07. The van der Waals surface area contributed by atoms with Gasteiger partial charge in [0.15, 0.2) is 0 Å². The van der Waals surface area contributed by atoms with Gasteiger partial charge in [-0.3, -0.25) is 4.79 Å². The SMILES string of the molecule is NC(=O)CC(NC(=O)Nc1ccc(Br)c(Cl)c1Cl)C(=O)O. The van der Waals surface area contributed by atoms with Crippen molar-refractivity contribution in [3.05, 3.63) is 26.7 Å². The number of benzene rings is 1. The molecule has 1 rings (SSSR count). The number of carboxylic acids is 1. The highest BCUT2D eigenvalue weighted by Crippen LogP contribution is 2.35. The van der Waals surface area contributed by atoms with Crippen LogP contribution in [-0.2, 0) is 9.59 Å². The average Bonchev–Trinajstić information content (AvgIpc) is 2.38. The molecule has 0 aliphatic carbocycles. The van der Waals surface area contributed by atoms with Crippen molar-refractivity contribution in [3.63, 3.8) is 0 Å². The van der Waals surface area contributed by atoms with Crippen molar-refractivity contribution >= 4 is 62.7 Å². The van der Waals surface area contributed by atoms with Gasteiger partial charge >= 0.3 is 12.0 Å². The molecule has 0 fully saturated rings. The number of urea groups is 1. The fourth-order valence-electron chi connectivity index (χ4n) is 1.34. The molecule has 1 aromatic carbocycles. The van der Waals surface area contributed by atoms with E-state index >= 15 is 0 Å². The van der Waals surface area contributed by atoms with Gasteiger partial charge in [0.2, 0.25) is 5.91 Å². The highest BCUT2D eigenvalue weighted by Gasteiger charge is 2.22. The minimum absolute atomic E-state index is 0.0861. The maximum Gasteiger partial charge on any atom is 0.326 e. The minimum Gasteiger partial charge on any atom is -0.480 e. The van der Waals surface area contributed by atoms with Crippen molar-refractivity contribution in [1.82, 2.24) is 5.32 Å². The maximum absolute atomic E-state index is 11.7. The van der Waals surface area contributed by atoms with Crippen LogP contribution in [0.1, 0.15) is 6.42 Å². The molecule has 0 aliphatic heterocycles. The summed E-state index contributed by atoms with van der Waals surface area (Å²) in [4.78, 5) is 33.3. The van der Waals surface area contributed by atoms with Crippen LogP contribution in [0.2, 0.25) is 10.0 Å². The number of rotatable bonds is 5. The van der Waals surface area contributed by atoms with Crippen molar-refractivity contribution in [1.29, 1.82) is 0 Å². The summed E-state index contributed by atoms with van der Waals surface area (Å²) in [7, 11) is 0. The van der Waals surface area contributed by atoms with Crippen LogP contribution in [0.4, 0.5) is 10.5 Å². The Hall–Kier alpha value is -1.51. The van der Waals surface area contributed by atoms with E-state index < -0.39 is 30.4 Å². The summed E-state index contributed by atoms with van der Waals surface area (Å²) in [6.07, 6.45) is -0.530.